The first-order valence-corrected chi connectivity index (χ1v) is 6.64. The smallest absolute Gasteiger partial charge is 0.254 e. The van der Waals surface area contributed by atoms with Crippen LogP contribution in [0.5, 0.6) is 11.5 Å². The Bertz CT molecular complexity index is 495. The molecule has 0 spiro atoms. The number of carbonyl (C=O) groups is 1. The maximum absolute atomic E-state index is 12.5. The molecule has 0 aromatic heterocycles. The Labute approximate surface area is 124 Å². The number of carbonyl (C=O) groups excluding carboxylic acids is 1. The SMILES string of the molecule is CNC1CCCN(C(=O)c2ccc3c(c2)OCO3)C1.Cl. The Morgan fingerprint density at radius 2 is 2.15 bits per heavy atom. The van der Waals surface area contributed by atoms with Crippen molar-refractivity contribution in [1.29, 1.82) is 0 Å². The average molecular weight is 299 g/mol. The number of nitrogens with zero attached hydrogens (tertiary/aromatic N) is 1. The highest BCUT2D eigenvalue weighted by Gasteiger charge is 2.25. The van der Waals surface area contributed by atoms with E-state index in [1.54, 1.807) is 18.2 Å². The van der Waals surface area contributed by atoms with Gasteiger partial charge in [0, 0.05) is 24.7 Å². The second-order valence-corrected chi connectivity index (χ2v) is 4.95. The zero-order valence-corrected chi connectivity index (χ0v) is 12.2. The minimum Gasteiger partial charge on any atom is -0.454 e. The first-order valence-electron chi connectivity index (χ1n) is 6.64. The molecule has 1 amide bonds. The van der Waals surface area contributed by atoms with Crippen LogP contribution in [0.4, 0.5) is 0 Å². The number of piperidine rings is 1. The molecule has 1 unspecified atom stereocenters. The molecule has 0 saturated carbocycles. The molecule has 1 aromatic rings. The van der Waals surface area contributed by atoms with Gasteiger partial charge in [-0.3, -0.25) is 4.79 Å². The average Bonchev–Trinajstić information content (AvgIpc) is 2.94. The van der Waals surface area contributed by atoms with Crippen LogP contribution in [-0.2, 0) is 0 Å². The molecular formula is C14H19ClN2O3. The van der Waals surface area contributed by atoms with Gasteiger partial charge in [0.05, 0.1) is 0 Å². The number of halogens is 1. The summed E-state index contributed by atoms with van der Waals surface area (Å²) in [4.78, 5) is 14.4. The lowest BCUT2D eigenvalue weighted by Crippen LogP contribution is -2.46. The quantitative estimate of drug-likeness (QED) is 0.902. The summed E-state index contributed by atoms with van der Waals surface area (Å²) < 4.78 is 10.6. The Kier molecular flexibility index (Phi) is 4.73. The molecule has 0 bridgehead atoms. The van der Waals surface area contributed by atoms with Crippen molar-refractivity contribution in [2.75, 3.05) is 26.9 Å². The van der Waals surface area contributed by atoms with Crippen molar-refractivity contribution in [3.8, 4) is 11.5 Å². The van der Waals surface area contributed by atoms with Crippen molar-refractivity contribution < 1.29 is 14.3 Å². The molecule has 1 saturated heterocycles. The van der Waals surface area contributed by atoms with Gasteiger partial charge in [-0.25, -0.2) is 0 Å². The van der Waals surface area contributed by atoms with Crippen LogP contribution in [0.3, 0.4) is 0 Å². The lowest BCUT2D eigenvalue weighted by molar-refractivity contribution is 0.0698. The molecule has 2 aliphatic heterocycles. The third kappa shape index (κ3) is 2.83. The summed E-state index contributed by atoms with van der Waals surface area (Å²) in [7, 11) is 1.94. The molecule has 1 N–H and O–H groups in total. The number of likely N-dealkylation sites (tertiary alicyclic amines) is 1. The predicted octanol–water partition coefficient (Wildman–Crippen LogP) is 1.66. The second-order valence-electron chi connectivity index (χ2n) is 4.95. The number of ether oxygens (including phenoxy) is 2. The molecule has 1 atom stereocenters. The molecule has 6 heteroatoms. The van der Waals surface area contributed by atoms with Gasteiger partial charge in [0.2, 0.25) is 6.79 Å². The summed E-state index contributed by atoms with van der Waals surface area (Å²) in [5.41, 5.74) is 0.668. The topological polar surface area (TPSA) is 50.8 Å². The summed E-state index contributed by atoms with van der Waals surface area (Å²) >= 11 is 0. The molecule has 2 heterocycles. The first-order chi connectivity index (χ1) is 9.28. The maximum atomic E-state index is 12.5. The fraction of sp³-hybridized carbons (Fsp3) is 0.500. The lowest BCUT2D eigenvalue weighted by atomic mass is 10.0. The van der Waals surface area contributed by atoms with E-state index < -0.39 is 0 Å². The molecule has 0 aliphatic carbocycles. The zero-order chi connectivity index (χ0) is 13.2. The van der Waals surface area contributed by atoms with Crippen LogP contribution in [0.25, 0.3) is 0 Å². The fourth-order valence-corrected chi connectivity index (χ4v) is 2.61. The van der Waals surface area contributed by atoms with Gasteiger partial charge in [0.25, 0.3) is 5.91 Å². The van der Waals surface area contributed by atoms with Gasteiger partial charge < -0.3 is 19.7 Å². The number of benzene rings is 1. The summed E-state index contributed by atoms with van der Waals surface area (Å²) in [5, 5.41) is 3.24. The van der Waals surface area contributed by atoms with Crippen molar-refractivity contribution in [2.24, 2.45) is 0 Å². The Morgan fingerprint density at radius 1 is 1.35 bits per heavy atom. The van der Waals surface area contributed by atoms with Crippen LogP contribution >= 0.6 is 12.4 Å². The monoisotopic (exact) mass is 298 g/mol. The Hall–Kier alpha value is -1.46. The van der Waals surface area contributed by atoms with Crippen molar-refractivity contribution in [1.82, 2.24) is 10.2 Å². The van der Waals surface area contributed by atoms with E-state index in [0.29, 0.717) is 23.1 Å². The second kappa shape index (κ2) is 6.33. The number of fused-ring (bicyclic) bond motifs is 1. The van der Waals surface area contributed by atoms with Gasteiger partial charge in [0.1, 0.15) is 0 Å². The van der Waals surface area contributed by atoms with Crippen LogP contribution < -0.4 is 14.8 Å². The molecule has 3 rings (SSSR count). The van der Waals surface area contributed by atoms with Crippen LogP contribution in [0.1, 0.15) is 23.2 Å². The van der Waals surface area contributed by atoms with E-state index in [0.717, 1.165) is 25.9 Å². The normalized spacial score (nSPS) is 20.4. The van der Waals surface area contributed by atoms with Gasteiger partial charge >= 0.3 is 0 Å². The van der Waals surface area contributed by atoms with Crippen LogP contribution in [-0.4, -0.2) is 43.8 Å². The van der Waals surface area contributed by atoms with Gasteiger partial charge in [-0.1, -0.05) is 0 Å². The van der Waals surface area contributed by atoms with Crippen LogP contribution in [0.2, 0.25) is 0 Å². The van der Waals surface area contributed by atoms with Gasteiger partial charge in [0.15, 0.2) is 11.5 Å². The molecule has 110 valence electrons. The summed E-state index contributed by atoms with van der Waals surface area (Å²) in [6.07, 6.45) is 2.17. The number of likely N-dealkylation sites (N-methyl/N-ethyl adjacent to an activating group) is 1. The summed E-state index contributed by atoms with van der Waals surface area (Å²) in [6, 6.07) is 5.77. The van der Waals surface area contributed by atoms with E-state index in [1.165, 1.54) is 0 Å². The molecular weight excluding hydrogens is 280 g/mol. The molecule has 5 nitrogen and oxygen atoms in total. The Morgan fingerprint density at radius 3 is 2.95 bits per heavy atom. The minimum atomic E-state index is 0. The van der Waals surface area contributed by atoms with E-state index >= 15 is 0 Å². The third-order valence-electron chi connectivity index (χ3n) is 3.74. The van der Waals surface area contributed by atoms with Crippen molar-refractivity contribution >= 4 is 18.3 Å². The van der Waals surface area contributed by atoms with Crippen LogP contribution in [0, 0.1) is 0 Å². The highest BCUT2D eigenvalue weighted by atomic mass is 35.5. The van der Waals surface area contributed by atoms with Crippen LogP contribution in [0.15, 0.2) is 18.2 Å². The van der Waals surface area contributed by atoms with E-state index in [-0.39, 0.29) is 25.1 Å². The van der Waals surface area contributed by atoms with E-state index in [1.807, 2.05) is 11.9 Å². The van der Waals surface area contributed by atoms with Crippen molar-refractivity contribution in [3.63, 3.8) is 0 Å². The summed E-state index contributed by atoms with van der Waals surface area (Å²) in [6.45, 7) is 1.83. The molecule has 1 aromatic carbocycles. The van der Waals surface area contributed by atoms with E-state index in [9.17, 15) is 4.79 Å². The number of nitrogens with one attached hydrogen (secondary N) is 1. The lowest BCUT2D eigenvalue weighted by Gasteiger charge is -2.32. The predicted molar refractivity (Wildman–Crippen MR) is 77.8 cm³/mol. The van der Waals surface area contributed by atoms with E-state index in [4.69, 9.17) is 9.47 Å². The molecule has 2 aliphatic rings. The summed E-state index contributed by atoms with van der Waals surface area (Å²) in [5.74, 6) is 1.44. The van der Waals surface area contributed by atoms with Crippen molar-refractivity contribution in [3.05, 3.63) is 23.8 Å². The van der Waals surface area contributed by atoms with E-state index in [2.05, 4.69) is 5.32 Å². The van der Waals surface area contributed by atoms with Crippen molar-refractivity contribution in [2.45, 2.75) is 18.9 Å². The number of rotatable bonds is 2. The molecule has 1 fully saturated rings. The van der Waals surface area contributed by atoms with Gasteiger partial charge in [-0.15, -0.1) is 12.4 Å². The molecule has 20 heavy (non-hydrogen) atoms. The molecule has 0 radical (unpaired) electrons. The minimum absolute atomic E-state index is 0. The highest BCUT2D eigenvalue weighted by Crippen LogP contribution is 2.33. The fourth-order valence-electron chi connectivity index (χ4n) is 2.61. The highest BCUT2D eigenvalue weighted by molar-refractivity contribution is 5.95. The third-order valence-corrected chi connectivity index (χ3v) is 3.74. The van der Waals surface area contributed by atoms with Gasteiger partial charge in [-0.2, -0.15) is 0 Å². The van der Waals surface area contributed by atoms with Gasteiger partial charge in [-0.05, 0) is 38.1 Å². The standard InChI is InChI=1S/C14H18N2O3.ClH/c1-15-11-3-2-6-16(8-11)14(17)10-4-5-12-13(7-10)19-9-18-12;/h4-5,7,11,15H,2-3,6,8-9H2,1H3;1H. The maximum Gasteiger partial charge on any atom is 0.254 e. The number of amides is 1. The first kappa shape index (κ1) is 14.9. The number of hydrogen-bond donors (Lipinski definition) is 1. The zero-order valence-electron chi connectivity index (χ0n) is 11.4. The Balaban J connectivity index is 0.00000147. The largest absolute Gasteiger partial charge is 0.454 e. The number of hydrogen-bond acceptors (Lipinski definition) is 4.